The average Bonchev–Trinajstić information content (AvgIpc) is 3.12. The zero-order chi connectivity index (χ0) is 17.8. The third kappa shape index (κ3) is 4.16. The molecule has 1 saturated heterocycles. The molecule has 1 aliphatic heterocycles. The number of hydrogen-bond donors (Lipinski definition) is 3. The number of anilines is 2. The minimum Gasteiger partial charge on any atom is -0.475 e. The number of aromatic amines is 1. The van der Waals surface area contributed by atoms with E-state index in [9.17, 15) is 4.39 Å². The lowest BCUT2D eigenvalue weighted by Crippen LogP contribution is -2.30. The Balaban J connectivity index is 1.51. The van der Waals surface area contributed by atoms with Gasteiger partial charge in [-0.05, 0) is 13.3 Å². The van der Waals surface area contributed by atoms with E-state index in [4.69, 9.17) is 26.8 Å². The quantitative estimate of drug-likeness (QED) is 0.644. The second kappa shape index (κ2) is 7.92. The molecule has 10 heteroatoms. The van der Waals surface area contributed by atoms with E-state index in [1.165, 1.54) is 6.20 Å². The molecule has 0 radical (unpaired) electrons. The van der Waals surface area contributed by atoms with Gasteiger partial charge in [-0.2, -0.15) is 5.10 Å². The third-order valence-electron chi connectivity index (χ3n) is 4.10. The number of nitrogens with zero attached hydrogens (tertiary/aromatic N) is 3. The summed E-state index contributed by atoms with van der Waals surface area (Å²) in [7, 11) is 0. The van der Waals surface area contributed by atoms with Gasteiger partial charge in [-0.15, -0.1) is 5.10 Å². The largest absolute Gasteiger partial charge is 0.475 e. The van der Waals surface area contributed by atoms with Crippen LogP contribution in [0.1, 0.15) is 24.6 Å². The predicted octanol–water partition coefficient (Wildman–Crippen LogP) is 2.33. The fourth-order valence-electron chi connectivity index (χ4n) is 2.75. The zero-order valence-electron chi connectivity index (χ0n) is 14.0. The lowest BCUT2D eigenvalue weighted by atomic mass is 10.1. The molecule has 3 heterocycles. The van der Waals surface area contributed by atoms with Crippen LogP contribution in [0.25, 0.3) is 0 Å². The molecule has 25 heavy (non-hydrogen) atoms. The van der Waals surface area contributed by atoms with Crippen LogP contribution in [-0.4, -0.2) is 52.5 Å². The molecular weight excluding hydrogens is 351 g/mol. The fraction of sp³-hybridized carbons (Fsp3) is 0.600. The molecular formula is C15H22ClFN6O2. The summed E-state index contributed by atoms with van der Waals surface area (Å²) in [6.07, 6.45) is 1.65. The fourth-order valence-corrected chi connectivity index (χ4v) is 2.91. The Morgan fingerprint density at radius 3 is 3.12 bits per heavy atom. The number of hydrogen-bond acceptors (Lipinski definition) is 6. The van der Waals surface area contributed by atoms with Crippen molar-refractivity contribution in [3.8, 4) is 5.88 Å². The molecule has 0 spiro atoms. The van der Waals surface area contributed by atoms with Gasteiger partial charge in [0.2, 0.25) is 0 Å². The molecule has 2 aromatic heterocycles. The highest BCUT2D eigenvalue weighted by Gasteiger charge is 2.27. The van der Waals surface area contributed by atoms with Gasteiger partial charge < -0.3 is 20.5 Å². The minimum atomic E-state index is -0.978. The lowest BCUT2D eigenvalue weighted by Gasteiger charge is -2.25. The highest BCUT2D eigenvalue weighted by atomic mass is 35.5. The maximum Gasteiger partial charge on any atom is 0.256 e. The summed E-state index contributed by atoms with van der Waals surface area (Å²) in [6, 6.07) is -0.160. The molecule has 0 saturated carbocycles. The SMILES string of the molecule is Cc1c(N)c(OCCCNc2[nH]ncc2Cl)nn1C1COCC(F)C1. The summed E-state index contributed by atoms with van der Waals surface area (Å²) in [5, 5.41) is 14.6. The Labute approximate surface area is 149 Å². The highest BCUT2D eigenvalue weighted by molar-refractivity contribution is 6.32. The first-order valence-electron chi connectivity index (χ1n) is 8.18. The van der Waals surface area contributed by atoms with E-state index in [0.29, 0.717) is 48.6 Å². The third-order valence-corrected chi connectivity index (χ3v) is 4.39. The van der Waals surface area contributed by atoms with Gasteiger partial charge in [0.1, 0.15) is 22.7 Å². The van der Waals surface area contributed by atoms with E-state index < -0.39 is 6.17 Å². The van der Waals surface area contributed by atoms with Crippen LogP contribution >= 0.6 is 11.6 Å². The number of alkyl halides is 1. The van der Waals surface area contributed by atoms with Crippen molar-refractivity contribution in [2.24, 2.45) is 0 Å². The monoisotopic (exact) mass is 372 g/mol. The van der Waals surface area contributed by atoms with E-state index in [2.05, 4.69) is 20.6 Å². The van der Waals surface area contributed by atoms with Crippen LogP contribution in [0.4, 0.5) is 15.9 Å². The van der Waals surface area contributed by atoms with E-state index in [1.807, 2.05) is 6.92 Å². The van der Waals surface area contributed by atoms with E-state index in [0.717, 1.165) is 12.1 Å². The molecule has 2 atom stereocenters. The first kappa shape index (κ1) is 17.8. The molecule has 0 bridgehead atoms. The van der Waals surface area contributed by atoms with Gasteiger partial charge in [0, 0.05) is 13.0 Å². The predicted molar refractivity (Wildman–Crippen MR) is 92.9 cm³/mol. The number of aromatic nitrogens is 4. The number of nitrogens with one attached hydrogen (secondary N) is 2. The first-order valence-corrected chi connectivity index (χ1v) is 8.56. The number of ether oxygens (including phenoxy) is 2. The van der Waals surface area contributed by atoms with E-state index >= 15 is 0 Å². The van der Waals surface area contributed by atoms with Crippen LogP contribution in [-0.2, 0) is 4.74 Å². The van der Waals surface area contributed by atoms with Crippen LogP contribution in [0.15, 0.2) is 6.20 Å². The molecule has 3 rings (SSSR count). The van der Waals surface area contributed by atoms with Crippen LogP contribution in [0.2, 0.25) is 5.02 Å². The van der Waals surface area contributed by atoms with E-state index in [1.54, 1.807) is 4.68 Å². The van der Waals surface area contributed by atoms with Gasteiger partial charge in [0.05, 0.1) is 37.8 Å². The van der Waals surface area contributed by atoms with Crippen LogP contribution < -0.4 is 15.8 Å². The molecule has 0 amide bonds. The maximum atomic E-state index is 13.5. The summed E-state index contributed by atoms with van der Waals surface area (Å²) in [6.45, 7) is 3.51. The molecule has 1 aliphatic rings. The number of halogens is 2. The van der Waals surface area contributed by atoms with Crippen molar-refractivity contribution < 1.29 is 13.9 Å². The van der Waals surface area contributed by atoms with Gasteiger partial charge in [0.15, 0.2) is 0 Å². The Morgan fingerprint density at radius 2 is 2.40 bits per heavy atom. The first-order chi connectivity index (χ1) is 12.1. The van der Waals surface area contributed by atoms with Gasteiger partial charge in [-0.1, -0.05) is 11.6 Å². The normalized spacial score (nSPS) is 20.6. The molecule has 8 nitrogen and oxygen atoms in total. The highest BCUT2D eigenvalue weighted by Crippen LogP contribution is 2.30. The summed E-state index contributed by atoms with van der Waals surface area (Å²) < 4.78 is 26.2. The smallest absolute Gasteiger partial charge is 0.256 e. The van der Waals surface area contributed by atoms with Crippen molar-refractivity contribution in [1.82, 2.24) is 20.0 Å². The molecule has 0 aliphatic carbocycles. The van der Waals surface area contributed by atoms with Crippen LogP contribution in [0.3, 0.4) is 0 Å². The van der Waals surface area contributed by atoms with Gasteiger partial charge in [-0.25, -0.2) is 4.39 Å². The summed E-state index contributed by atoms with van der Waals surface area (Å²) in [4.78, 5) is 0. The van der Waals surface area contributed by atoms with Crippen molar-refractivity contribution in [1.29, 1.82) is 0 Å². The molecule has 4 N–H and O–H groups in total. The van der Waals surface area contributed by atoms with Crippen LogP contribution in [0, 0.1) is 6.92 Å². The zero-order valence-corrected chi connectivity index (χ0v) is 14.7. The standard InChI is InChI=1S/C15H22ClFN6O2/c1-9-13(18)15(22-23(9)11-5-10(17)7-24-8-11)25-4-2-3-19-14-12(16)6-20-21-14/h6,10-11H,2-5,7-8,18H2,1H3,(H2,19,20,21). The number of nitrogen functional groups attached to an aromatic ring is 1. The van der Waals surface area contributed by atoms with Gasteiger partial charge >= 0.3 is 0 Å². The van der Waals surface area contributed by atoms with Crippen molar-refractivity contribution in [3.63, 3.8) is 0 Å². The second-order valence-corrected chi connectivity index (χ2v) is 6.40. The average molecular weight is 373 g/mol. The number of H-pyrrole nitrogens is 1. The molecule has 2 unspecified atom stereocenters. The number of nitrogens with two attached hydrogens (primary N) is 1. The Kier molecular flexibility index (Phi) is 5.64. The Hall–Kier alpha value is -2.00. The van der Waals surface area contributed by atoms with Gasteiger partial charge in [0.25, 0.3) is 5.88 Å². The van der Waals surface area contributed by atoms with Gasteiger partial charge in [-0.3, -0.25) is 9.78 Å². The lowest BCUT2D eigenvalue weighted by molar-refractivity contribution is 0.000651. The van der Waals surface area contributed by atoms with Crippen molar-refractivity contribution in [3.05, 3.63) is 16.9 Å². The number of rotatable bonds is 7. The molecule has 1 fully saturated rings. The summed E-state index contributed by atoms with van der Waals surface area (Å²) >= 11 is 5.92. The Bertz CT molecular complexity index is 706. The van der Waals surface area contributed by atoms with Crippen molar-refractivity contribution in [2.45, 2.75) is 32.0 Å². The minimum absolute atomic E-state index is 0.142. The second-order valence-electron chi connectivity index (χ2n) is 5.99. The summed E-state index contributed by atoms with van der Waals surface area (Å²) in [5.74, 6) is 1.05. The molecule has 2 aromatic rings. The topological polar surface area (TPSA) is 103 Å². The van der Waals surface area contributed by atoms with Crippen molar-refractivity contribution >= 4 is 23.1 Å². The maximum absolute atomic E-state index is 13.5. The summed E-state index contributed by atoms with van der Waals surface area (Å²) in [5.41, 5.74) is 7.31. The van der Waals surface area contributed by atoms with Crippen molar-refractivity contribution in [2.75, 3.05) is 37.4 Å². The molecule has 0 aromatic carbocycles. The van der Waals surface area contributed by atoms with Crippen LogP contribution in [0.5, 0.6) is 5.88 Å². The molecule has 138 valence electrons. The Morgan fingerprint density at radius 1 is 1.56 bits per heavy atom. The van der Waals surface area contributed by atoms with E-state index in [-0.39, 0.29) is 12.6 Å².